The molecule has 26 nitrogen and oxygen atoms in total. The van der Waals surface area contributed by atoms with E-state index in [4.69, 9.17) is 15.2 Å². The molecule has 6 N–H and O–H groups in total. The van der Waals surface area contributed by atoms with E-state index in [9.17, 15) is 62.7 Å². The summed E-state index contributed by atoms with van der Waals surface area (Å²) in [5.74, 6) is -1.51. The molecule has 2 aliphatic carbocycles. The highest BCUT2D eigenvalue weighted by molar-refractivity contribution is 7.59. The Balaban J connectivity index is 0.870. The number of amides is 2. The van der Waals surface area contributed by atoms with Gasteiger partial charge in [0.15, 0.2) is 17.7 Å². The van der Waals surface area contributed by atoms with Crippen LogP contribution in [0.2, 0.25) is 0 Å². The van der Waals surface area contributed by atoms with Crippen molar-refractivity contribution in [3.05, 3.63) is 48.0 Å². The zero-order valence-electron chi connectivity index (χ0n) is 38.3. The molecule has 2 saturated carbocycles. The number of hydrogen-bond acceptors (Lipinski definition) is 23. The number of carbonyl (C=O) groups is 4. The van der Waals surface area contributed by atoms with Gasteiger partial charge >= 0.3 is 0 Å². The Labute approximate surface area is 401 Å². The van der Waals surface area contributed by atoms with Crippen molar-refractivity contribution in [3.63, 3.8) is 0 Å². The zero-order valence-corrected chi connectivity index (χ0v) is 41.0. The molecule has 2 aromatic heterocycles. The van der Waals surface area contributed by atoms with Crippen molar-refractivity contribution < 1.29 is 90.0 Å². The number of nitrogen functional groups attached to an aromatic ring is 1. The summed E-state index contributed by atoms with van der Waals surface area (Å²) in [7, 11) is -17.7. The van der Waals surface area contributed by atoms with Gasteiger partial charge in [0, 0.05) is 36.8 Å². The molecule has 1 aliphatic heterocycles. The molecule has 1 aromatic carbocycles. The number of nitrogens with one attached hydrogen (secondary N) is 2. The first-order valence-corrected chi connectivity index (χ1v) is 26.8. The molecule has 0 radical (unpaired) electrons. The SMILES string of the molecule is CC(C)(COP(=O)([O-])OP(=O)([O-])OCC1OC(n2cnc3c(N)ncnc32)C(O)C1OP(=O)([O-])[O-])C(O)C(=O)NCCC(=O)NCCC(=O)C1(CCCc2cccc(CCCC3(OC=O)CC3)c2)CC1. The highest BCUT2D eigenvalue weighted by atomic mass is 31.3. The zero-order chi connectivity index (χ0) is 51.1. The van der Waals surface area contributed by atoms with Crippen LogP contribution in [0, 0.1) is 10.8 Å². The van der Waals surface area contributed by atoms with Crippen LogP contribution in [0.1, 0.15) is 95.4 Å². The molecular formula is C41H56N7O19P3-4. The predicted octanol–water partition coefficient (Wildman–Crippen LogP) is -0.332. The molecule has 6 rings (SSSR count). The maximum absolute atomic E-state index is 13.1. The molecule has 70 heavy (non-hydrogen) atoms. The average Bonchev–Trinajstić information content (AvgIpc) is 4.18. The number of aliphatic hydroxyl groups is 2. The topological polar surface area (TPSA) is 401 Å². The molecular weight excluding hydrogens is 987 g/mol. The molecule has 29 heteroatoms. The Morgan fingerprint density at radius 2 is 1.63 bits per heavy atom. The standard InChI is InChI=1S/C41H60N7O19P3/c1-39(2,22-64-70(60,61)67-69(58,59)63-21-28-33(66-68(55,56)57)32(52)38(65-28)48-24-47-31-35(42)45-23-46-36(31)48)34(53)37(54)44-19-11-30(51)43-18-10-29(50)40(14-15-40)12-4-8-26-6-3-7-27(20-26)9-5-13-41(16-17-41)62-25-49/h3,6-7,20,23-25,28,32-34,38,52-53H,4-5,8-19,21-22H2,1-2H3,(H,43,51)(H,44,54)(H,58,59)(H,60,61)(H2,42,45,46)(H2,55,56,57)/p-4. The largest absolute Gasteiger partial charge is 0.790 e. The van der Waals surface area contributed by atoms with Crippen molar-refractivity contribution in [1.29, 1.82) is 0 Å². The van der Waals surface area contributed by atoms with Crippen molar-refractivity contribution in [2.45, 2.75) is 127 Å². The summed E-state index contributed by atoms with van der Waals surface area (Å²) in [5.41, 5.74) is 5.82. The number of aliphatic hydroxyl groups excluding tert-OH is 2. The molecule has 7 unspecified atom stereocenters. The number of nitrogens with two attached hydrogens (primary N) is 1. The number of fused-ring (bicyclic) bond motifs is 1. The second kappa shape index (κ2) is 22.8. The van der Waals surface area contributed by atoms with E-state index in [1.165, 1.54) is 25.0 Å². The van der Waals surface area contributed by atoms with Gasteiger partial charge in [-0.15, -0.1) is 0 Å². The quantitative estimate of drug-likeness (QED) is 0.0421. The summed E-state index contributed by atoms with van der Waals surface area (Å²) in [6.07, 6.45) is 0.930. The van der Waals surface area contributed by atoms with Crippen LogP contribution in [-0.4, -0.2) is 110 Å². The average molecular weight is 1040 g/mol. The lowest BCUT2D eigenvalue weighted by atomic mass is 9.87. The molecule has 388 valence electrons. The third-order valence-corrected chi connectivity index (χ3v) is 15.5. The maximum Gasteiger partial charge on any atom is 0.293 e. The van der Waals surface area contributed by atoms with Gasteiger partial charge in [-0.05, 0) is 75.3 Å². The summed E-state index contributed by atoms with van der Waals surface area (Å²) in [4.78, 5) is 109. The minimum absolute atomic E-state index is 0.0248. The number of phosphoric ester groups is 3. The number of Topliss-reactive ketones (excluding diaryl/α,β-unsaturated/α-hetero) is 1. The van der Waals surface area contributed by atoms with Gasteiger partial charge < -0.3 is 73.8 Å². The lowest BCUT2D eigenvalue weighted by Gasteiger charge is -2.36. The van der Waals surface area contributed by atoms with E-state index in [0.29, 0.717) is 6.47 Å². The Hall–Kier alpha value is -4.10. The summed E-state index contributed by atoms with van der Waals surface area (Å²) in [6, 6.07) is 8.37. The number of rotatable bonds is 30. The number of aryl methyl sites for hydroxylation is 2. The molecule has 3 aromatic rings. The fraction of sp³-hybridized carbons (Fsp3) is 0.634. The van der Waals surface area contributed by atoms with Gasteiger partial charge in [-0.3, -0.25) is 32.9 Å². The van der Waals surface area contributed by atoms with Crippen LogP contribution in [0.5, 0.6) is 0 Å². The molecule has 3 fully saturated rings. The maximum atomic E-state index is 13.1. The first-order valence-electron chi connectivity index (χ1n) is 22.4. The minimum Gasteiger partial charge on any atom is -0.790 e. The third kappa shape index (κ3) is 15.2. The van der Waals surface area contributed by atoms with Gasteiger partial charge in [0.05, 0.1) is 27.4 Å². The Morgan fingerprint density at radius 3 is 2.27 bits per heavy atom. The number of ether oxygens (including phenoxy) is 2. The van der Waals surface area contributed by atoms with Crippen LogP contribution in [0.15, 0.2) is 36.9 Å². The van der Waals surface area contributed by atoms with Crippen LogP contribution < -0.4 is 35.9 Å². The van der Waals surface area contributed by atoms with Crippen LogP contribution in [-0.2, 0) is 73.1 Å². The lowest BCUT2D eigenvalue weighted by molar-refractivity contribution is -0.347. The monoisotopic (exact) mass is 1040 g/mol. The van der Waals surface area contributed by atoms with Gasteiger partial charge in [-0.25, -0.2) is 19.3 Å². The smallest absolute Gasteiger partial charge is 0.293 e. The molecule has 3 aliphatic rings. The number of anilines is 1. The van der Waals surface area contributed by atoms with Gasteiger partial charge in [0.2, 0.25) is 11.8 Å². The van der Waals surface area contributed by atoms with Crippen LogP contribution >= 0.6 is 23.5 Å². The van der Waals surface area contributed by atoms with Crippen molar-refractivity contribution in [1.82, 2.24) is 30.2 Å². The van der Waals surface area contributed by atoms with E-state index in [-0.39, 0.29) is 54.3 Å². The fourth-order valence-corrected chi connectivity index (χ4v) is 10.9. The van der Waals surface area contributed by atoms with Gasteiger partial charge in [-0.2, -0.15) is 0 Å². The second-order valence-electron chi connectivity index (χ2n) is 18.4. The number of nitrogens with zero attached hydrogens (tertiary/aromatic N) is 4. The second-order valence-corrected chi connectivity index (χ2v) is 22.4. The normalized spacial score (nSPS) is 22.6. The highest BCUT2D eigenvalue weighted by Gasteiger charge is 2.49. The lowest BCUT2D eigenvalue weighted by Crippen LogP contribution is -2.46. The summed E-state index contributed by atoms with van der Waals surface area (Å²) < 4.78 is 66.2. The summed E-state index contributed by atoms with van der Waals surface area (Å²) in [6.45, 7) is 0.499. The van der Waals surface area contributed by atoms with Crippen molar-refractivity contribution in [2.24, 2.45) is 10.8 Å². The first kappa shape index (κ1) is 55.2. The highest BCUT2D eigenvalue weighted by Crippen LogP contribution is 2.57. The van der Waals surface area contributed by atoms with Crippen molar-refractivity contribution >= 4 is 64.5 Å². The Morgan fingerprint density at radius 1 is 0.971 bits per heavy atom. The number of imidazole rings is 1. The molecule has 0 spiro atoms. The minimum atomic E-state index is -5.94. The van der Waals surface area contributed by atoms with E-state index < -0.39 is 90.0 Å². The molecule has 2 amide bonds. The third-order valence-electron chi connectivity index (χ3n) is 12.5. The number of ketones is 1. The number of hydrogen-bond donors (Lipinski definition) is 5. The number of phosphoric acid groups is 3. The van der Waals surface area contributed by atoms with Crippen LogP contribution in [0.25, 0.3) is 11.2 Å². The number of carbonyl (C=O) groups excluding carboxylic acids is 4. The van der Waals surface area contributed by atoms with Crippen LogP contribution in [0.4, 0.5) is 5.82 Å². The fourth-order valence-electron chi connectivity index (χ4n) is 8.17. The predicted molar refractivity (Wildman–Crippen MR) is 233 cm³/mol. The molecule has 3 heterocycles. The summed E-state index contributed by atoms with van der Waals surface area (Å²) in [5, 5.41) is 26.5. The molecule has 7 atom stereocenters. The number of benzene rings is 1. The first-order chi connectivity index (χ1) is 32.9. The van der Waals surface area contributed by atoms with E-state index in [0.717, 1.165) is 81.4 Å². The molecule has 0 bridgehead atoms. The van der Waals surface area contributed by atoms with E-state index in [1.54, 1.807) is 0 Å². The van der Waals surface area contributed by atoms with E-state index in [1.807, 2.05) is 6.07 Å². The van der Waals surface area contributed by atoms with Crippen molar-refractivity contribution in [2.75, 3.05) is 32.0 Å². The molecule has 1 saturated heterocycles. The summed E-state index contributed by atoms with van der Waals surface area (Å²) >= 11 is 0. The van der Waals surface area contributed by atoms with Crippen LogP contribution in [0.3, 0.4) is 0 Å². The van der Waals surface area contributed by atoms with Gasteiger partial charge in [0.25, 0.3) is 22.1 Å². The van der Waals surface area contributed by atoms with Gasteiger partial charge in [0.1, 0.15) is 47.6 Å². The van der Waals surface area contributed by atoms with E-state index in [2.05, 4.69) is 61.7 Å². The Kier molecular flexibility index (Phi) is 18.0. The number of aromatic nitrogens is 4. The Bertz CT molecular complexity index is 2500. The van der Waals surface area contributed by atoms with Gasteiger partial charge in [-0.1, -0.05) is 38.1 Å². The van der Waals surface area contributed by atoms with Crippen molar-refractivity contribution in [3.8, 4) is 0 Å². The van der Waals surface area contributed by atoms with E-state index >= 15 is 0 Å².